The Balaban J connectivity index is 2.59. The number of benzene rings is 1. The lowest BCUT2D eigenvalue weighted by Crippen LogP contribution is -2.17. The second kappa shape index (κ2) is 10.5. The minimum atomic E-state index is 0.164. The number of hydrogen-bond donors (Lipinski definition) is 1. The van der Waals surface area contributed by atoms with E-state index in [4.69, 9.17) is 9.47 Å². The van der Waals surface area contributed by atoms with E-state index in [0.29, 0.717) is 0 Å². The fraction of sp³-hybridized carbons (Fsp3) is 0.684. The Morgan fingerprint density at radius 2 is 1.68 bits per heavy atom. The minimum Gasteiger partial charge on any atom is -0.491 e. The van der Waals surface area contributed by atoms with Gasteiger partial charge in [0.25, 0.3) is 0 Å². The van der Waals surface area contributed by atoms with Gasteiger partial charge in [-0.3, -0.25) is 0 Å². The summed E-state index contributed by atoms with van der Waals surface area (Å²) < 4.78 is 11.7. The lowest BCUT2D eigenvalue weighted by Gasteiger charge is -2.17. The third kappa shape index (κ3) is 7.69. The summed E-state index contributed by atoms with van der Waals surface area (Å²) in [7, 11) is 0. The highest BCUT2D eigenvalue weighted by Gasteiger charge is 2.09. The first-order chi connectivity index (χ1) is 10.5. The van der Waals surface area contributed by atoms with Crippen molar-refractivity contribution < 1.29 is 9.47 Å². The molecule has 0 radical (unpaired) electrons. The summed E-state index contributed by atoms with van der Waals surface area (Å²) in [6.45, 7) is 12.3. The van der Waals surface area contributed by atoms with E-state index in [-0.39, 0.29) is 12.2 Å². The number of hydrogen-bond acceptors (Lipinski definition) is 3. The molecular weight excluding hydrogens is 274 g/mol. The van der Waals surface area contributed by atoms with Crippen LogP contribution >= 0.6 is 0 Å². The van der Waals surface area contributed by atoms with E-state index in [1.165, 1.54) is 31.2 Å². The van der Waals surface area contributed by atoms with Gasteiger partial charge < -0.3 is 14.8 Å². The first-order valence-corrected chi connectivity index (χ1v) is 8.69. The highest BCUT2D eigenvalue weighted by Crippen LogP contribution is 2.26. The van der Waals surface area contributed by atoms with Gasteiger partial charge in [-0.25, -0.2) is 0 Å². The van der Waals surface area contributed by atoms with Crippen LogP contribution in [0.4, 0.5) is 0 Å². The lowest BCUT2D eigenvalue weighted by atomic mass is 10.1. The third-order valence-corrected chi connectivity index (χ3v) is 3.30. The van der Waals surface area contributed by atoms with Crippen LogP contribution in [0.5, 0.6) is 11.5 Å². The van der Waals surface area contributed by atoms with Crippen LogP contribution in [0.1, 0.15) is 65.9 Å². The van der Waals surface area contributed by atoms with Crippen LogP contribution in [0.15, 0.2) is 18.2 Å². The predicted octanol–water partition coefficient (Wildman–Crippen LogP) is 4.93. The minimum absolute atomic E-state index is 0.164. The van der Waals surface area contributed by atoms with Gasteiger partial charge in [-0.05, 0) is 46.7 Å². The van der Waals surface area contributed by atoms with Crippen LogP contribution in [0.2, 0.25) is 0 Å². The molecule has 126 valence electrons. The average molecular weight is 307 g/mol. The van der Waals surface area contributed by atoms with Crippen LogP contribution in [-0.2, 0) is 6.54 Å². The smallest absolute Gasteiger partial charge is 0.127 e. The molecule has 0 saturated carbocycles. The Morgan fingerprint density at radius 1 is 0.955 bits per heavy atom. The zero-order chi connectivity index (χ0) is 16.4. The standard InChI is InChI=1S/C19H33NO2/c1-6-7-8-9-12-20-14-17-10-11-18(21-15(2)3)13-19(17)22-16(4)5/h10-11,13,15-16,20H,6-9,12,14H2,1-5H3. The Morgan fingerprint density at radius 3 is 2.32 bits per heavy atom. The number of ether oxygens (including phenoxy) is 2. The van der Waals surface area contributed by atoms with Crippen molar-refractivity contribution in [2.45, 2.75) is 79.1 Å². The van der Waals surface area contributed by atoms with E-state index in [1.54, 1.807) is 0 Å². The summed E-state index contributed by atoms with van der Waals surface area (Å²) >= 11 is 0. The molecule has 0 aliphatic carbocycles. The lowest BCUT2D eigenvalue weighted by molar-refractivity contribution is 0.227. The zero-order valence-electron chi connectivity index (χ0n) is 14.9. The Bertz CT molecular complexity index is 416. The van der Waals surface area contributed by atoms with Gasteiger partial charge in [0.2, 0.25) is 0 Å². The van der Waals surface area contributed by atoms with Crippen LogP contribution < -0.4 is 14.8 Å². The molecular formula is C19H33NO2. The Labute approximate surface area is 136 Å². The number of rotatable bonds is 11. The van der Waals surface area contributed by atoms with Crippen molar-refractivity contribution in [1.82, 2.24) is 5.32 Å². The molecule has 1 rings (SSSR count). The second-order valence-corrected chi connectivity index (χ2v) is 6.34. The monoisotopic (exact) mass is 307 g/mol. The van der Waals surface area contributed by atoms with Crippen molar-refractivity contribution in [2.75, 3.05) is 6.54 Å². The van der Waals surface area contributed by atoms with Crippen molar-refractivity contribution >= 4 is 0 Å². The van der Waals surface area contributed by atoms with Crippen LogP contribution in [-0.4, -0.2) is 18.8 Å². The molecule has 0 amide bonds. The molecule has 0 unspecified atom stereocenters. The molecule has 1 aromatic rings. The van der Waals surface area contributed by atoms with Crippen molar-refractivity contribution in [3.63, 3.8) is 0 Å². The SMILES string of the molecule is CCCCCCNCc1ccc(OC(C)C)cc1OC(C)C. The molecule has 0 spiro atoms. The normalized spacial score (nSPS) is 11.2. The summed E-state index contributed by atoms with van der Waals surface area (Å²) in [6.07, 6.45) is 5.49. The van der Waals surface area contributed by atoms with Gasteiger partial charge in [0.15, 0.2) is 0 Å². The van der Waals surface area contributed by atoms with Gasteiger partial charge in [0.05, 0.1) is 12.2 Å². The van der Waals surface area contributed by atoms with Gasteiger partial charge >= 0.3 is 0 Å². The van der Waals surface area contributed by atoms with Gasteiger partial charge in [-0.2, -0.15) is 0 Å². The van der Waals surface area contributed by atoms with Crippen LogP contribution in [0.3, 0.4) is 0 Å². The van der Waals surface area contributed by atoms with Crippen molar-refractivity contribution in [2.24, 2.45) is 0 Å². The largest absolute Gasteiger partial charge is 0.491 e. The number of unbranched alkanes of at least 4 members (excludes halogenated alkanes) is 3. The highest BCUT2D eigenvalue weighted by atomic mass is 16.5. The third-order valence-electron chi connectivity index (χ3n) is 3.30. The molecule has 0 aliphatic rings. The fourth-order valence-electron chi connectivity index (χ4n) is 2.29. The quantitative estimate of drug-likeness (QED) is 0.588. The molecule has 0 aliphatic heterocycles. The van der Waals surface area contributed by atoms with Crippen LogP contribution in [0.25, 0.3) is 0 Å². The maximum atomic E-state index is 5.94. The van der Waals surface area contributed by atoms with Gasteiger partial charge in [0, 0.05) is 18.2 Å². The highest BCUT2D eigenvalue weighted by molar-refractivity contribution is 5.41. The summed E-state index contributed by atoms with van der Waals surface area (Å²) in [4.78, 5) is 0. The molecule has 0 aromatic heterocycles. The van der Waals surface area contributed by atoms with E-state index in [0.717, 1.165) is 24.6 Å². The fourth-order valence-corrected chi connectivity index (χ4v) is 2.29. The van der Waals surface area contributed by atoms with E-state index in [1.807, 2.05) is 26.0 Å². The number of nitrogens with one attached hydrogen (secondary N) is 1. The molecule has 3 nitrogen and oxygen atoms in total. The maximum Gasteiger partial charge on any atom is 0.127 e. The van der Waals surface area contributed by atoms with Crippen molar-refractivity contribution in [3.8, 4) is 11.5 Å². The summed E-state index contributed by atoms with van der Waals surface area (Å²) in [5, 5.41) is 3.51. The molecule has 0 bridgehead atoms. The van der Waals surface area contributed by atoms with E-state index >= 15 is 0 Å². The van der Waals surface area contributed by atoms with Crippen molar-refractivity contribution in [1.29, 1.82) is 0 Å². The first-order valence-electron chi connectivity index (χ1n) is 8.69. The van der Waals surface area contributed by atoms with Gasteiger partial charge in [0.1, 0.15) is 11.5 Å². The zero-order valence-corrected chi connectivity index (χ0v) is 14.9. The summed E-state index contributed by atoms with van der Waals surface area (Å²) in [5.41, 5.74) is 1.19. The van der Waals surface area contributed by atoms with E-state index < -0.39 is 0 Å². The molecule has 1 N–H and O–H groups in total. The predicted molar refractivity (Wildman–Crippen MR) is 93.8 cm³/mol. The molecule has 22 heavy (non-hydrogen) atoms. The molecule has 0 heterocycles. The van der Waals surface area contributed by atoms with Crippen molar-refractivity contribution in [3.05, 3.63) is 23.8 Å². The van der Waals surface area contributed by atoms with Gasteiger partial charge in [-0.1, -0.05) is 32.3 Å². The second-order valence-electron chi connectivity index (χ2n) is 6.34. The summed E-state index contributed by atoms with van der Waals surface area (Å²) in [6, 6.07) is 6.14. The molecule has 3 heteroatoms. The Hall–Kier alpha value is -1.22. The molecule has 0 atom stereocenters. The Kier molecular flexibility index (Phi) is 8.98. The molecule has 0 saturated heterocycles. The van der Waals surface area contributed by atoms with E-state index in [2.05, 4.69) is 32.2 Å². The average Bonchev–Trinajstić information content (AvgIpc) is 2.43. The first kappa shape index (κ1) is 18.8. The van der Waals surface area contributed by atoms with Crippen LogP contribution in [0, 0.1) is 0 Å². The van der Waals surface area contributed by atoms with Gasteiger partial charge in [-0.15, -0.1) is 0 Å². The topological polar surface area (TPSA) is 30.5 Å². The van der Waals surface area contributed by atoms with E-state index in [9.17, 15) is 0 Å². The summed E-state index contributed by atoms with van der Waals surface area (Å²) in [5.74, 6) is 1.80. The maximum absolute atomic E-state index is 5.94. The molecule has 1 aromatic carbocycles. The molecule has 0 fully saturated rings.